The number of carbonyl (C=O) groups is 1. The summed E-state index contributed by atoms with van der Waals surface area (Å²) in [6.07, 6.45) is 7.77. The number of thioether (sulfide) groups is 1. The van der Waals surface area contributed by atoms with E-state index in [4.69, 9.17) is 10.5 Å². The predicted octanol–water partition coefficient (Wildman–Crippen LogP) is 5.91. The van der Waals surface area contributed by atoms with Crippen molar-refractivity contribution >= 4 is 39.8 Å². The number of amides is 1. The van der Waals surface area contributed by atoms with Gasteiger partial charge in [-0.25, -0.2) is 0 Å². The number of para-hydroxylation sites is 1. The summed E-state index contributed by atoms with van der Waals surface area (Å²) in [5.74, 6) is 0.166. The van der Waals surface area contributed by atoms with Crippen molar-refractivity contribution in [3.63, 3.8) is 0 Å². The van der Waals surface area contributed by atoms with E-state index < -0.39 is 0 Å². The zero-order valence-corrected chi connectivity index (χ0v) is 20.4. The molecule has 3 aliphatic rings. The summed E-state index contributed by atoms with van der Waals surface area (Å²) in [4.78, 5) is 17.2. The number of carbonyl (C=O) groups excluding carboxylic acids is 1. The molecule has 3 heterocycles. The summed E-state index contributed by atoms with van der Waals surface area (Å²) >= 11 is 1.46. The van der Waals surface area contributed by atoms with Gasteiger partial charge in [-0.1, -0.05) is 37.5 Å². The van der Waals surface area contributed by atoms with E-state index in [1.165, 1.54) is 47.8 Å². The van der Waals surface area contributed by atoms with Crippen LogP contribution in [0.4, 0.5) is 0 Å². The van der Waals surface area contributed by atoms with Gasteiger partial charge in [-0.15, -0.1) is 0 Å². The molecule has 1 fully saturated rings. The van der Waals surface area contributed by atoms with Crippen molar-refractivity contribution in [2.75, 3.05) is 0 Å². The van der Waals surface area contributed by atoms with Crippen LogP contribution < -0.4 is 0 Å². The third-order valence-corrected chi connectivity index (χ3v) is 7.93. The van der Waals surface area contributed by atoms with Gasteiger partial charge >= 0.3 is 0 Å². The molecule has 0 atom stereocenters. The summed E-state index contributed by atoms with van der Waals surface area (Å²) in [5, 5.41) is 16.5. The molecule has 2 aliphatic heterocycles. The minimum absolute atomic E-state index is 0.111. The molecule has 1 aromatic heterocycles. The molecule has 1 amide bonds. The van der Waals surface area contributed by atoms with E-state index >= 15 is 0 Å². The zero-order chi connectivity index (χ0) is 23.3. The number of nitrogens with zero attached hydrogens (tertiary/aromatic N) is 4. The molecule has 0 bridgehead atoms. The second-order valence-corrected chi connectivity index (χ2v) is 10.2. The Bertz CT molecular complexity index is 1240. The Hall–Kier alpha value is -2.93. The highest BCUT2D eigenvalue weighted by molar-refractivity contribution is 8.27. The van der Waals surface area contributed by atoms with Crippen molar-refractivity contribution in [1.29, 1.82) is 5.41 Å². The van der Waals surface area contributed by atoms with Crippen LogP contribution in [0.25, 0.3) is 11.8 Å². The summed E-state index contributed by atoms with van der Waals surface area (Å²) in [6, 6.07) is 8.37. The molecule has 1 aliphatic carbocycles. The lowest BCUT2D eigenvalue weighted by Gasteiger charge is -2.20. The highest BCUT2D eigenvalue weighted by Crippen LogP contribution is 2.36. The van der Waals surface area contributed by atoms with Crippen molar-refractivity contribution < 1.29 is 4.79 Å². The Morgan fingerprint density at radius 1 is 1.09 bits per heavy atom. The Morgan fingerprint density at radius 2 is 1.79 bits per heavy atom. The van der Waals surface area contributed by atoms with Crippen LogP contribution in [0.2, 0.25) is 0 Å². The fourth-order valence-corrected chi connectivity index (χ4v) is 6.17. The summed E-state index contributed by atoms with van der Waals surface area (Å²) < 4.78 is 2.23. The molecule has 0 radical (unpaired) electrons. The van der Waals surface area contributed by atoms with Crippen LogP contribution in [0.5, 0.6) is 0 Å². The van der Waals surface area contributed by atoms with Crippen molar-refractivity contribution in [3.05, 3.63) is 57.9 Å². The molecule has 170 valence electrons. The molecule has 0 spiro atoms. The average Bonchev–Trinajstić information content (AvgIpc) is 3.33. The number of nitrogens with one attached hydrogen (secondary N) is 1. The fourth-order valence-electron chi connectivity index (χ4n) is 5.11. The Kier molecular flexibility index (Phi) is 5.60. The van der Waals surface area contributed by atoms with Crippen LogP contribution in [-0.2, 0) is 4.79 Å². The first-order valence-electron chi connectivity index (χ1n) is 11.6. The second kappa shape index (κ2) is 8.45. The molecule has 1 aromatic carbocycles. The number of rotatable bonds is 3. The maximum atomic E-state index is 12.9. The first-order chi connectivity index (χ1) is 15.8. The van der Waals surface area contributed by atoms with Gasteiger partial charge in [-0.2, -0.15) is 15.1 Å². The quantitative estimate of drug-likeness (QED) is 0.580. The van der Waals surface area contributed by atoms with E-state index in [-0.39, 0.29) is 17.3 Å². The first kappa shape index (κ1) is 21.9. The number of aryl methyl sites for hydroxylation is 3. The summed E-state index contributed by atoms with van der Waals surface area (Å²) in [6.45, 7) is 8.36. The van der Waals surface area contributed by atoms with Gasteiger partial charge in [0.05, 0.1) is 11.3 Å². The van der Waals surface area contributed by atoms with Gasteiger partial charge in [-0.05, 0) is 81.1 Å². The monoisotopic (exact) mass is 459 g/mol. The van der Waals surface area contributed by atoms with Crippen molar-refractivity contribution in [2.24, 2.45) is 16.0 Å². The lowest BCUT2D eigenvalue weighted by molar-refractivity contribution is -0.114. The first-order valence-corrected chi connectivity index (χ1v) is 12.4. The molecule has 7 heteroatoms. The van der Waals surface area contributed by atoms with Gasteiger partial charge in [0.15, 0.2) is 5.84 Å². The highest BCUT2D eigenvalue weighted by Gasteiger charge is 2.38. The van der Waals surface area contributed by atoms with Gasteiger partial charge in [0.1, 0.15) is 5.04 Å². The molecule has 1 N–H and O–H groups in total. The molecular formula is C26H29N5OS. The lowest BCUT2D eigenvalue weighted by atomic mass is 9.90. The van der Waals surface area contributed by atoms with Crippen molar-refractivity contribution in [3.8, 4) is 5.69 Å². The van der Waals surface area contributed by atoms with Crippen LogP contribution in [0.15, 0.2) is 39.9 Å². The molecule has 2 aromatic rings. The minimum atomic E-state index is -0.365. The summed E-state index contributed by atoms with van der Waals surface area (Å²) in [7, 11) is 0. The van der Waals surface area contributed by atoms with Gasteiger partial charge in [-0.3, -0.25) is 10.2 Å². The predicted molar refractivity (Wildman–Crippen MR) is 136 cm³/mol. The molecule has 0 unspecified atom stereocenters. The SMILES string of the molecule is Cc1cccc(C)c1-n1c(C)cc(/C=C2\C(=N)N3N=C(C4CCCCC4)SC3=NC2=O)c1C. The fraction of sp³-hybridized carbons (Fsp3) is 0.385. The maximum absolute atomic E-state index is 12.9. The van der Waals surface area contributed by atoms with E-state index in [0.717, 1.165) is 34.8 Å². The average molecular weight is 460 g/mol. The van der Waals surface area contributed by atoms with E-state index in [9.17, 15) is 4.79 Å². The molecule has 5 rings (SSSR count). The second-order valence-electron chi connectivity index (χ2n) is 9.20. The normalized spacial score (nSPS) is 20.4. The Balaban J connectivity index is 1.50. The standard InChI is InChI=1S/C26H29N5OS/c1-15-9-8-10-16(2)22(15)30-17(3)13-20(18(30)4)14-21-23(27)31-26(28-24(21)32)33-25(29-31)19-11-6-5-7-12-19/h8-10,13-14,19,27H,5-7,11-12H2,1-4H3/b21-14+,27-23?. The number of amidine groups is 2. The van der Waals surface area contributed by atoms with Crippen LogP contribution >= 0.6 is 11.8 Å². The van der Waals surface area contributed by atoms with Gasteiger partial charge < -0.3 is 4.57 Å². The van der Waals surface area contributed by atoms with E-state index in [1.54, 1.807) is 11.1 Å². The number of hydrazone groups is 1. The number of hydrogen-bond acceptors (Lipinski definition) is 4. The number of hydrogen-bond donors (Lipinski definition) is 1. The van der Waals surface area contributed by atoms with Gasteiger partial charge in [0.2, 0.25) is 5.17 Å². The van der Waals surface area contributed by atoms with Crippen molar-refractivity contribution in [1.82, 2.24) is 9.58 Å². The van der Waals surface area contributed by atoms with Crippen LogP contribution in [-0.4, -0.2) is 31.5 Å². The van der Waals surface area contributed by atoms with E-state index in [0.29, 0.717) is 11.1 Å². The topological polar surface area (TPSA) is 73.8 Å². The highest BCUT2D eigenvalue weighted by atomic mass is 32.2. The van der Waals surface area contributed by atoms with E-state index in [1.807, 2.05) is 0 Å². The molecule has 33 heavy (non-hydrogen) atoms. The molecular weight excluding hydrogens is 430 g/mol. The number of aromatic nitrogens is 1. The summed E-state index contributed by atoms with van der Waals surface area (Å²) in [5.41, 5.74) is 6.90. The van der Waals surface area contributed by atoms with Crippen molar-refractivity contribution in [2.45, 2.75) is 59.8 Å². The number of aliphatic imine (C=N–C) groups is 1. The zero-order valence-electron chi connectivity index (χ0n) is 19.6. The molecule has 0 saturated heterocycles. The van der Waals surface area contributed by atoms with Crippen LogP contribution in [0.3, 0.4) is 0 Å². The third-order valence-electron chi connectivity index (χ3n) is 6.86. The van der Waals surface area contributed by atoms with Crippen LogP contribution in [0.1, 0.15) is 60.2 Å². The molecule has 6 nitrogen and oxygen atoms in total. The third kappa shape index (κ3) is 3.78. The minimum Gasteiger partial charge on any atom is -0.317 e. The maximum Gasteiger partial charge on any atom is 0.283 e. The lowest BCUT2D eigenvalue weighted by Crippen LogP contribution is -2.35. The number of fused-ring (bicyclic) bond motifs is 1. The van der Waals surface area contributed by atoms with Gasteiger partial charge in [0, 0.05) is 17.3 Å². The molecule has 1 saturated carbocycles. The van der Waals surface area contributed by atoms with Crippen LogP contribution in [0, 0.1) is 39.0 Å². The smallest absolute Gasteiger partial charge is 0.283 e. The Morgan fingerprint density at radius 3 is 2.48 bits per heavy atom. The van der Waals surface area contributed by atoms with E-state index in [2.05, 4.69) is 61.5 Å². The number of benzene rings is 1. The Labute approximate surface area is 199 Å². The van der Waals surface area contributed by atoms with Gasteiger partial charge in [0.25, 0.3) is 5.91 Å². The largest absolute Gasteiger partial charge is 0.317 e.